The van der Waals surface area contributed by atoms with Crippen LogP contribution >= 0.6 is 23.2 Å². The number of hydrogen-bond acceptors (Lipinski definition) is 4. The summed E-state index contributed by atoms with van der Waals surface area (Å²) in [5.74, 6) is -0.131. The maximum absolute atomic E-state index is 12.6. The molecule has 2 heterocycles. The quantitative estimate of drug-likeness (QED) is 0.584. The minimum atomic E-state index is -0.786. The number of ether oxygens (including phenoxy) is 1. The van der Waals surface area contributed by atoms with Crippen molar-refractivity contribution in [3.63, 3.8) is 0 Å². The van der Waals surface area contributed by atoms with Crippen molar-refractivity contribution in [3.05, 3.63) is 64.3 Å². The summed E-state index contributed by atoms with van der Waals surface area (Å²) >= 11 is 12.2. The Morgan fingerprint density at radius 1 is 1.23 bits per heavy atom. The van der Waals surface area contributed by atoms with E-state index in [0.29, 0.717) is 27.2 Å². The lowest BCUT2D eigenvalue weighted by atomic mass is 10.1. The highest BCUT2D eigenvalue weighted by molar-refractivity contribution is 6.33. The fourth-order valence-corrected chi connectivity index (χ4v) is 3.81. The number of fused-ring (bicyclic) bond motifs is 1. The molecule has 4 rings (SSSR count). The zero-order chi connectivity index (χ0) is 21.3. The molecule has 0 aliphatic carbocycles. The summed E-state index contributed by atoms with van der Waals surface area (Å²) in [6, 6.07) is 13.4. The number of anilines is 2. The Bertz CT molecular complexity index is 1130. The number of nitrogens with one attached hydrogen (secondary N) is 2. The number of hydrogen-bond donors (Lipinski definition) is 2. The van der Waals surface area contributed by atoms with E-state index in [1.54, 1.807) is 48.2 Å². The number of rotatable bonds is 6. The molecule has 2 amide bonds. The average Bonchev–Trinajstić information content (AvgIpc) is 3.19. The SMILES string of the molecule is COCc1nn2c(c1-c1cccc(Cl)c1)NC(=O)C2CC(=O)Nc1ccccc1Cl. The molecule has 1 aliphatic heterocycles. The molecular weight excluding hydrogens is 427 g/mol. The summed E-state index contributed by atoms with van der Waals surface area (Å²) < 4.78 is 6.82. The molecule has 1 atom stereocenters. The summed E-state index contributed by atoms with van der Waals surface area (Å²) in [5.41, 5.74) is 2.66. The topological polar surface area (TPSA) is 85.2 Å². The van der Waals surface area contributed by atoms with Gasteiger partial charge in [-0.05, 0) is 29.8 Å². The van der Waals surface area contributed by atoms with E-state index in [9.17, 15) is 9.59 Å². The molecule has 9 heteroatoms. The lowest BCUT2D eigenvalue weighted by Gasteiger charge is -2.11. The van der Waals surface area contributed by atoms with Crippen molar-refractivity contribution in [1.82, 2.24) is 9.78 Å². The monoisotopic (exact) mass is 444 g/mol. The first-order valence-corrected chi connectivity index (χ1v) is 9.95. The van der Waals surface area contributed by atoms with Gasteiger partial charge in [0, 0.05) is 17.7 Å². The summed E-state index contributed by atoms with van der Waals surface area (Å²) in [6.07, 6.45) is -0.0901. The van der Waals surface area contributed by atoms with Gasteiger partial charge in [-0.1, -0.05) is 47.5 Å². The summed E-state index contributed by atoms with van der Waals surface area (Å²) in [5, 5.41) is 11.1. The standard InChI is InChI=1S/C21H18Cl2N4O3/c1-30-11-16-19(12-5-4-6-13(22)9-12)20-25-21(29)17(27(20)26-16)10-18(28)24-15-8-3-2-7-14(15)23/h2-9,17H,10-11H2,1H3,(H,24,28)(H,25,29). The highest BCUT2D eigenvalue weighted by Crippen LogP contribution is 2.39. The van der Waals surface area contributed by atoms with Crippen LogP contribution in [0.25, 0.3) is 11.1 Å². The first-order valence-electron chi connectivity index (χ1n) is 9.19. The zero-order valence-corrected chi connectivity index (χ0v) is 17.5. The van der Waals surface area contributed by atoms with Crippen molar-refractivity contribution in [1.29, 1.82) is 0 Å². The Balaban J connectivity index is 1.64. The Hall–Kier alpha value is -2.87. The molecular formula is C21H18Cl2N4O3. The molecule has 0 bridgehead atoms. The van der Waals surface area contributed by atoms with Crippen molar-refractivity contribution in [2.45, 2.75) is 19.1 Å². The highest BCUT2D eigenvalue weighted by Gasteiger charge is 2.37. The largest absolute Gasteiger partial charge is 0.378 e. The molecule has 0 radical (unpaired) electrons. The molecule has 3 aromatic rings. The van der Waals surface area contributed by atoms with Gasteiger partial charge in [-0.2, -0.15) is 5.10 Å². The Morgan fingerprint density at radius 3 is 2.77 bits per heavy atom. The summed E-state index contributed by atoms with van der Waals surface area (Å²) in [7, 11) is 1.57. The Morgan fingerprint density at radius 2 is 2.03 bits per heavy atom. The van der Waals surface area contributed by atoms with Crippen LogP contribution in [0.1, 0.15) is 18.2 Å². The van der Waals surface area contributed by atoms with Crippen LogP contribution in [-0.2, 0) is 20.9 Å². The van der Waals surface area contributed by atoms with E-state index in [2.05, 4.69) is 15.7 Å². The number of carbonyl (C=O) groups is 2. The van der Waals surface area contributed by atoms with Crippen LogP contribution < -0.4 is 10.6 Å². The molecule has 7 nitrogen and oxygen atoms in total. The number of nitrogens with zero attached hydrogens (tertiary/aromatic N) is 2. The highest BCUT2D eigenvalue weighted by atomic mass is 35.5. The van der Waals surface area contributed by atoms with Crippen LogP contribution in [0.4, 0.5) is 11.5 Å². The van der Waals surface area contributed by atoms with Crippen LogP contribution in [0.2, 0.25) is 10.0 Å². The predicted molar refractivity (Wildman–Crippen MR) is 116 cm³/mol. The summed E-state index contributed by atoms with van der Waals surface area (Å²) in [4.78, 5) is 25.2. The van der Waals surface area contributed by atoms with Gasteiger partial charge < -0.3 is 15.4 Å². The van der Waals surface area contributed by atoms with Crippen molar-refractivity contribution in [2.75, 3.05) is 17.7 Å². The van der Waals surface area contributed by atoms with Gasteiger partial charge in [0.05, 0.1) is 29.4 Å². The van der Waals surface area contributed by atoms with E-state index >= 15 is 0 Å². The van der Waals surface area contributed by atoms with E-state index in [1.165, 1.54) is 0 Å². The second-order valence-electron chi connectivity index (χ2n) is 6.80. The molecule has 2 aromatic carbocycles. The lowest BCUT2D eigenvalue weighted by Crippen LogP contribution is -2.24. The molecule has 0 spiro atoms. The van der Waals surface area contributed by atoms with E-state index in [4.69, 9.17) is 27.9 Å². The number of para-hydroxylation sites is 1. The molecule has 0 saturated carbocycles. The van der Waals surface area contributed by atoms with Crippen LogP contribution in [0, 0.1) is 0 Å². The minimum Gasteiger partial charge on any atom is -0.378 e. The molecule has 1 unspecified atom stereocenters. The third-order valence-electron chi connectivity index (χ3n) is 4.74. The fourth-order valence-electron chi connectivity index (χ4n) is 3.44. The van der Waals surface area contributed by atoms with E-state index in [-0.39, 0.29) is 24.8 Å². The smallest absolute Gasteiger partial charge is 0.251 e. The normalized spacial score (nSPS) is 15.0. The van der Waals surface area contributed by atoms with Gasteiger partial charge in [-0.15, -0.1) is 0 Å². The molecule has 1 aromatic heterocycles. The zero-order valence-electron chi connectivity index (χ0n) is 16.0. The molecule has 154 valence electrons. The number of halogens is 2. The van der Waals surface area contributed by atoms with Crippen molar-refractivity contribution >= 4 is 46.5 Å². The number of methoxy groups -OCH3 is 1. The number of carbonyl (C=O) groups excluding carboxylic acids is 2. The summed E-state index contributed by atoms with van der Waals surface area (Å²) in [6.45, 7) is 0.246. The van der Waals surface area contributed by atoms with Crippen LogP contribution in [0.15, 0.2) is 48.5 Å². The lowest BCUT2D eigenvalue weighted by molar-refractivity contribution is -0.123. The molecule has 0 saturated heterocycles. The van der Waals surface area contributed by atoms with Gasteiger partial charge in [-0.25, -0.2) is 4.68 Å². The second kappa shape index (κ2) is 8.47. The third-order valence-corrected chi connectivity index (χ3v) is 5.31. The fraction of sp³-hybridized carbons (Fsp3) is 0.190. The van der Waals surface area contributed by atoms with Crippen molar-refractivity contribution in [2.24, 2.45) is 0 Å². The van der Waals surface area contributed by atoms with Gasteiger partial charge in [0.25, 0.3) is 5.91 Å². The van der Waals surface area contributed by atoms with E-state index < -0.39 is 6.04 Å². The average molecular weight is 445 g/mol. The van der Waals surface area contributed by atoms with E-state index in [1.807, 2.05) is 12.1 Å². The second-order valence-corrected chi connectivity index (χ2v) is 7.64. The predicted octanol–water partition coefficient (Wildman–Crippen LogP) is 4.53. The molecule has 30 heavy (non-hydrogen) atoms. The van der Waals surface area contributed by atoms with Crippen molar-refractivity contribution < 1.29 is 14.3 Å². The third kappa shape index (κ3) is 3.92. The molecule has 2 N–H and O–H groups in total. The number of amides is 2. The van der Waals surface area contributed by atoms with Gasteiger partial charge in [0.2, 0.25) is 5.91 Å². The maximum atomic E-state index is 12.6. The minimum absolute atomic E-state index is 0.0901. The Kier molecular flexibility index (Phi) is 5.76. The Labute approximate surface area is 182 Å². The van der Waals surface area contributed by atoms with Crippen molar-refractivity contribution in [3.8, 4) is 11.1 Å². The van der Waals surface area contributed by atoms with Gasteiger partial charge in [0.15, 0.2) is 0 Å². The van der Waals surface area contributed by atoms with Crippen LogP contribution in [0.5, 0.6) is 0 Å². The van der Waals surface area contributed by atoms with Gasteiger partial charge in [-0.3, -0.25) is 9.59 Å². The molecule has 1 aliphatic rings. The maximum Gasteiger partial charge on any atom is 0.251 e. The van der Waals surface area contributed by atoms with Crippen LogP contribution in [0.3, 0.4) is 0 Å². The number of benzene rings is 2. The van der Waals surface area contributed by atoms with E-state index in [0.717, 1.165) is 11.1 Å². The van der Waals surface area contributed by atoms with Gasteiger partial charge >= 0.3 is 0 Å². The van der Waals surface area contributed by atoms with Crippen LogP contribution in [-0.4, -0.2) is 28.7 Å². The number of aromatic nitrogens is 2. The molecule has 0 fully saturated rings. The first-order chi connectivity index (χ1) is 14.5. The first kappa shape index (κ1) is 20.4. The van der Waals surface area contributed by atoms with Gasteiger partial charge in [0.1, 0.15) is 11.9 Å².